The fraction of sp³-hybridized carbons (Fsp3) is 0.500. The van der Waals surface area contributed by atoms with Crippen LogP contribution in [0.2, 0.25) is 0 Å². The van der Waals surface area contributed by atoms with Gasteiger partial charge < -0.3 is 14.8 Å². The van der Waals surface area contributed by atoms with Crippen LogP contribution >= 0.6 is 0 Å². The molecule has 2 unspecified atom stereocenters. The number of rotatable bonds is 5. The summed E-state index contributed by atoms with van der Waals surface area (Å²) in [6.07, 6.45) is 1.93. The van der Waals surface area contributed by atoms with Gasteiger partial charge in [0.2, 0.25) is 0 Å². The number of hydrogen-bond donors (Lipinski definition) is 1. The second-order valence-corrected chi connectivity index (χ2v) is 4.20. The molecule has 3 nitrogen and oxygen atoms in total. The zero-order chi connectivity index (χ0) is 10.1. The average Bonchev–Trinajstić information content (AvgIpc) is 3.10. The fourth-order valence-electron chi connectivity index (χ4n) is 1.67. The van der Waals surface area contributed by atoms with Gasteiger partial charge in [-0.3, -0.25) is 0 Å². The first-order valence-electron chi connectivity index (χ1n) is 5.46. The highest BCUT2D eigenvalue weighted by Crippen LogP contribution is 2.19. The van der Waals surface area contributed by atoms with Gasteiger partial charge in [-0.25, -0.2) is 0 Å². The zero-order valence-corrected chi connectivity index (χ0v) is 8.61. The lowest BCUT2D eigenvalue weighted by Crippen LogP contribution is -2.07. The predicted octanol–water partition coefficient (Wildman–Crippen LogP) is 1.44. The summed E-state index contributed by atoms with van der Waals surface area (Å²) in [5.74, 6) is 0. The number of epoxide rings is 2. The largest absolute Gasteiger partial charge is 0.382 e. The van der Waals surface area contributed by atoms with E-state index < -0.39 is 0 Å². The van der Waals surface area contributed by atoms with E-state index in [9.17, 15) is 0 Å². The third-order valence-corrected chi connectivity index (χ3v) is 2.73. The normalized spacial score (nSPS) is 27.5. The molecule has 0 aromatic heterocycles. The monoisotopic (exact) mass is 205 g/mol. The van der Waals surface area contributed by atoms with Gasteiger partial charge in [-0.05, 0) is 17.7 Å². The number of anilines is 1. The van der Waals surface area contributed by atoms with Crippen LogP contribution in [0.4, 0.5) is 5.69 Å². The standard InChI is InChI=1S/C12H15NO2/c1-2-9(5-11-7-14-11)4-10(3-1)13-6-12-8-15-12/h1-4,11-13H,5-8H2. The van der Waals surface area contributed by atoms with Crippen LogP contribution in [0.3, 0.4) is 0 Å². The minimum absolute atomic E-state index is 0.431. The van der Waals surface area contributed by atoms with E-state index in [1.807, 2.05) is 0 Å². The molecule has 0 saturated carbocycles. The Hall–Kier alpha value is -1.06. The quantitative estimate of drug-likeness (QED) is 0.739. The molecule has 3 rings (SSSR count). The lowest BCUT2D eigenvalue weighted by Gasteiger charge is -2.06. The summed E-state index contributed by atoms with van der Waals surface area (Å²) in [5.41, 5.74) is 2.53. The number of ether oxygens (including phenoxy) is 2. The molecule has 1 N–H and O–H groups in total. The van der Waals surface area contributed by atoms with Gasteiger partial charge in [0.15, 0.2) is 0 Å². The molecule has 2 fully saturated rings. The average molecular weight is 205 g/mol. The van der Waals surface area contributed by atoms with E-state index in [2.05, 4.69) is 29.6 Å². The van der Waals surface area contributed by atoms with Crippen LogP contribution in [0.5, 0.6) is 0 Å². The summed E-state index contributed by atoms with van der Waals surface area (Å²) in [6.45, 7) is 2.75. The Labute approximate surface area is 89.4 Å². The lowest BCUT2D eigenvalue weighted by molar-refractivity contribution is 0.407. The molecule has 15 heavy (non-hydrogen) atoms. The molecule has 1 aromatic carbocycles. The molecule has 2 atom stereocenters. The predicted molar refractivity (Wildman–Crippen MR) is 58.1 cm³/mol. The second-order valence-electron chi connectivity index (χ2n) is 4.20. The first-order chi connectivity index (χ1) is 7.40. The molecule has 2 saturated heterocycles. The number of hydrogen-bond acceptors (Lipinski definition) is 3. The van der Waals surface area contributed by atoms with E-state index in [0.29, 0.717) is 12.2 Å². The van der Waals surface area contributed by atoms with Gasteiger partial charge >= 0.3 is 0 Å². The maximum atomic E-state index is 5.22. The third-order valence-electron chi connectivity index (χ3n) is 2.73. The van der Waals surface area contributed by atoms with Crippen LogP contribution < -0.4 is 5.32 Å². The highest BCUT2D eigenvalue weighted by molar-refractivity contribution is 5.46. The van der Waals surface area contributed by atoms with Gasteiger partial charge in [0.1, 0.15) is 0 Å². The molecule has 0 radical (unpaired) electrons. The van der Waals surface area contributed by atoms with Crippen molar-refractivity contribution in [2.45, 2.75) is 18.6 Å². The number of nitrogens with one attached hydrogen (secondary N) is 1. The van der Waals surface area contributed by atoms with Crippen LogP contribution in [0.15, 0.2) is 24.3 Å². The van der Waals surface area contributed by atoms with Crippen molar-refractivity contribution in [2.75, 3.05) is 25.1 Å². The minimum Gasteiger partial charge on any atom is -0.382 e. The van der Waals surface area contributed by atoms with Crippen molar-refractivity contribution in [3.63, 3.8) is 0 Å². The van der Waals surface area contributed by atoms with E-state index in [0.717, 1.165) is 26.2 Å². The van der Waals surface area contributed by atoms with Gasteiger partial charge in [-0.1, -0.05) is 12.1 Å². The Morgan fingerprint density at radius 1 is 1.20 bits per heavy atom. The maximum Gasteiger partial charge on any atom is 0.0981 e. The van der Waals surface area contributed by atoms with Gasteiger partial charge in [0.25, 0.3) is 0 Å². The second kappa shape index (κ2) is 3.83. The molecule has 0 spiro atoms. The fourth-order valence-corrected chi connectivity index (χ4v) is 1.67. The Morgan fingerprint density at radius 2 is 2.00 bits per heavy atom. The molecule has 1 aromatic rings. The Balaban J connectivity index is 1.59. The van der Waals surface area contributed by atoms with Crippen molar-refractivity contribution in [3.05, 3.63) is 29.8 Å². The van der Waals surface area contributed by atoms with Gasteiger partial charge in [-0.15, -0.1) is 0 Å². The van der Waals surface area contributed by atoms with E-state index in [1.54, 1.807) is 0 Å². The third kappa shape index (κ3) is 2.70. The van der Waals surface area contributed by atoms with Crippen molar-refractivity contribution in [3.8, 4) is 0 Å². The molecular weight excluding hydrogens is 190 g/mol. The summed E-state index contributed by atoms with van der Waals surface area (Å²) in [7, 11) is 0. The topological polar surface area (TPSA) is 37.1 Å². The van der Waals surface area contributed by atoms with Crippen LogP contribution in [0.1, 0.15) is 5.56 Å². The van der Waals surface area contributed by atoms with Crippen molar-refractivity contribution in [2.24, 2.45) is 0 Å². The lowest BCUT2D eigenvalue weighted by atomic mass is 10.1. The summed E-state index contributed by atoms with van der Waals surface area (Å²) in [4.78, 5) is 0. The summed E-state index contributed by atoms with van der Waals surface area (Å²) >= 11 is 0. The van der Waals surface area contributed by atoms with E-state index in [4.69, 9.17) is 9.47 Å². The number of benzene rings is 1. The van der Waals surface area contributed by atoms with Crippen molar-refractivity contribution >= 4 is 5.69 Å². The maximum absolute atomic E-state index is 5.22. The Morgan fingerprint density at radius 3 is 2.73 bits per heavy atom. The first-order valence-corrected chi connectivity index (χ1v) is 5.46. The molecule has 80 valence electrons. The van der Waals surface area contributed by atoms with Gasteiger partial charge in [0.05, 0.1) is 25.4 Å². The van der Waals surface area contributed by atoms with E-state index in [-0.39, 0.29) is 0 Å². The smallest absolute Gasteiger partial charge is 0.0981 e. The zero-order valence-electron chi connectivity index (χ0n) is 8.61. The van der Waals surface area contributed by atoms with Crippen molar-refractivity contribution < 1.29 is 9.47 Å². The summed E-state index contributed by atoms with van der Waals surface area (Å²) in [6, 6.07) is 8.54. The minimum atomic E-state index is 0.431. The van der Waals surface area contributed by atoms with Crippen LogP contribution in [-0.2, 0) is 15.9 Å². The first kappa shape index (κ1) is 9.19. The van der Waals surface area contributed by atoms with Crippen molar-refractivity contribution in [1.82, 2.24) is 0 Å². The molecule has 2 aliphatic rings. The van der Waals surface area contributed by atoms with Crippen LogP contribution in [-0.4, -0.2) is 32.0 Å². The van der Waals surface area contributed by atoms with E-state index >= 15 is 0 Å². The molecule has 0 bridgehead atoms. The van der Waals surface area contributed by atoms with Crippen molar-refractivity contribution in [1.29, 1.82) is 0 Å². The molecule has 2 aliphatic heterocycles. The Kier molecular flexibility index (Phi) is 2.35. The molecule has 0 amide bonds. The molecular formula is C12H15NO2. The van der Waals surface area contributed by atoms with Crippen LogP contribution in [0.25, 0.3) is 0 Å². The highest BCUT2D eigenvalue weighted by atomic mass is 16.6. The van der Waals surface area contributed by atoms with E-state index in [1.165, 1.54) is 11.3 Å². The molecule has 2 heterocycles. The SMILES string of the molecule is c1cc(CC2CO2)cc(NCC2CO2)c1. The molecule has 0 aliphatic carbocycles. The Bertz CT molecular complexity index is 345. The summed E-state index contributed by atoms with van der Waals surface area (Å²) in [5, 5.41) is 3.37. The van der Waals surface area contributed by atoms with Gasteiger partial charge in [-0.2, -0.15) is 0 Å². The summed E-state index contributed by atoms with van der Waals surface area (Å²) < 4.78 is 10.4. The highest BCUT2D eigenvalue weighted by Gasteiger charge is 2.23. The molecule has 3 heteroatoms. The van der Waals surface area contributed by atoms with Gasteiger partial charge in [0, 0.05) is 18.7 Å². The van der Waals surface area contributed by atoms with Crippen LogP contribution in [0, 0.1) is 0 Å².